The molecule has 0 saturated heterocycles. The standard InChI is InChI=1S/C27H23ClF3N5O2/c1-4-24-32-13-11-21(34-24)18-6-5-12-33-25(18)38-23-10-9-20(15(2)16(23)3)35-26(37)36-22-14-17(27(29,30)31)7-8-19(22)28/h5-14H,4H2,1-3H3,(H2,35,36,37). The lowest BCUT2D eigenvalue weighted by Gasteiger charge is -2.17. The molecule has 0 radical (unpaired) electrons. The highest BCUT2D eigenvalue weighted by molar-refractivity contribution is 6.33. The second kappa shape index (κ2) is 11.1. The molecule has 4 aromatic rings. The van der Waals surface area contributed by atoms with Gasteiger partial charge in [0.05, 0.1) is 27.5 Å². The predicted molar refractivity (Wildman–Crippen MR) is 140 cm³/mol. The molecule has 0 atom stereocenters. The van der Waals surface area contributed by atoms with Gasteiger partial charge in [0.15, 0.2) is 0 Å². The van der Waals surface area contributed by atoms with Crippen molar-refractivity contribution in [3.05, 3.63) is 88.5 Å². The van der Waals surface area contributed by atoms with Crippen LogP contribution in [-0.4, -0.2) is 21.0 Å². The van der Waals surface area contributed by atoms with Gasteiger partial charge in [0, 0.05) is 24.5 Å². The zero-order valence-electron chi connectivity index (χ0n) is 20.7. The Hall–Kier alpha value is -4.18. The average molecular weight is 542 g/mol. The van der Waals surface area contributed by atoms with Gasteiger partial charge in [-0.05, 0) is 73.5 Å². The Balaban J connectivity index is 1.54. The van der Waals surface area contributed by atoms with Crippen molar-refractivity contribution in [2.45, 2.75) is 33.4 Å². The number of rotatable bonds is 6. The van der Waals surface area contributed by atoms with Crippen molar-refractivity contribution in [2.24, 2.45) is 0 Å². The minimum Gasteiger partial charge on any atom is -0.438 e. The van der Waals surface area contributed by atoms with E-state index in [1.807, 2.05) is 19.9 Å². The monoisotopic (exact) mass is 541 g/mol. The molecule has 0 unspecified atom stereocenters. The first kappa shape index (κ1) is 26.9. The molecule has 2 aromatic heterocycles. The van der Waals surface area contributed by atoms with Crippen molar-refractivity contribution in [1.82, 2.24) is 15.0 Å². The van der Waals surface area contributed by atoms with E-state index in [0.29, 0.717) is 46.4 Å². The van der Waals surface area contributed by atoms with E-state index in [0.717, 1.165) is 23.8 Å². The number of alkyl halides is 3. The van der Waals surface area contributed by atoms with Gasteiger partial charge in [-0.3, -0.25) is 0 Å². The lowest BCUT2D eigenvalue weighted by Crippen LogP contribution is -2.21. The van der Waals surface area contributed by atoms with Gasteiger partial charge in [0.1, 0.15) is 11.6 Å². The first-order valence-electron chi connectivity index (χ1n) is 11.6. The number of nitrogens with zero attached hydrogens (tertiary/aromatic N) is 3. The highest BCUT2D eigenvalue weighted by Crippen LogP contribution is 2.36. The Kier molecular flexibility index (Phi) is 7.82. The number of anilines is 2. The number of halogens is 4. The number of hydrogen-bond donors (Lipinski definition) is 2. The van der Waals surface area contributed by atoms with Gasteiger partial charge >= 0.3 is 12.2 Å². The van der Waals surface area contributed by atoms with E-state index in [2.05, 4.69) is 25.6 Å². The lowest BCUT2D eigenvalue weighted by molar-refractivity contribution is -0.137. The first-order valence-corrected chi connectivity index (χ1v) is 11.9. The fourth-order valence-corrected chi connectivity index (χ4v) is 3.77. The van der Waals surface area contributed by atoms with Crippen molar-refractivity contribution < 1.29 is 22.7 Å². The van der Waals surface area contributed by atoms with Crippen molar-refractivity contribution in [3.8, 4) is 22.9 Å². The molecule has 2 amide bonds. The summed E-state index contributed by atoms with van der Waals surface area (Å²) in [4.78, 5) is 25.7. The third kappa shape index (κ3) is 6.03. The Morgan fingerprint density at radius 2 is 1.74 bits per heavy atom. The minimum absolute atomic E-state index is 0.0225. The van der Waals surface area contributed by atoms with E-state index >= 15 is 0 Å². The fourth-order valence-electron chi connectivity index (χ4n) is 3.61. The van der Waals surface area contributed by atoms with E-state index in [1.165, 1.54) is 0 Å². The number of carbonyl (C=O) groups is 1. The largest absolute Gasteiger partial charge is 0.438 e. The minimum atomic E-state index is -4.57. The maximum absolute atomic E-state index is 13.0. The van der Waals surface area contributed by atoms with Crippen LogP contribution in [0.15, 0.2) is 60.9 Å². The summed E-state index contributed by atoms with van der Waals surface area (Å²) in [6, 6.07) is 10.7. The Morgan fingerprint density at radius 1 is 0.974 bits per heavy atom. The second-order valence-corrected chi connectivity index (χ2v) is 8.71. The summed E-state index contributed by atoms with van der Waals surface area (Å²) in [5, 5.41) is 5.00. The zero-order valence-corrected chi connectivity index (χ0v) is 21.4. The number of nitrogens with one attached hydrogen (secondary N) is 2. The van der Waals surface area contributed by atoms with Crippen LogP contribution in [0.4, 0.5) is 29.3 Å². The van der Waals surface area contributed by atoms with Crippen LogP contribution in [0.1, 0.15) is 29.4 Å². The summed E-state index contributed by atoms with van der Waals surface area (Å²) >= 11 is 5.98. The molecule has 4 rings (SSSR count). The van der Waals surface area contributed by atoms with Crippen LogP contribution in [-0.2, 0) is 12.6 Å². The molecule has 196 valence electrons. The summed E-state index contributed by atoms with van der Waals surface area (Å²) in [6.07, 6.45) is -0.585. The summed E-state index contributed by atoms with van der Waals surface area (Å²) in [5.41, 5.74) is 2.16. The highest BCUT2D eigenvalue weighted by Gasteiger charge is 2.31. The topological polar surface area (TPSA) is 89.0 Å². The predicted octanol–water partition coefficient (Wildman–Crippen LogP) is 7.83. The third-order valence-corrected chi connectivity index (χ3v) is 6.13. The van der Waals surface area contributed by atoms with Crippen molar-refractivity contribution in [2.75, 3.05) is 10.6 Å². The number of aromatic nitrogens is 3. The summed E-state index contributed by atoms with van der Waals surface area (Å²) < 4.78 is 45.3. The van der Waals surface area contributed by atoms with E-state index in [1.54, 1.807) is 43.6 Å². The fraction of sp³-hybridized carbons (Fsp3) is 0.185. The van der Waals surface area contributed by atoms with Gasteiger partial charge in [-0.15, -0.1) is 0 Å². The maximum atomic E-state index is 13.0. The molecule has 0 aliphatic carbocycles. The van der Waals surface area contributed by atoms with E-state index < -0.39 is 17.8 Å². The highest BCUT2D eigenvalue weighted by atomic mass is 35.5. The summed E-state index contributed by atoms with van der Waals surface area (Å²) in [5.74, 6) is 1.57. The van der Waals surface area contributed by atoms with Crippen molar-refractivity contribution in [1.29, 1.82) is 0 Å². The van der Waals surface area contributed by atoms with Crippen LogP contribution in [0.25, 0.3) is 11.3 Å². The summed E-state index contributed by atoms with van der Waals surface area (Å²) in [7, 11) is 0. The van der Waals surface area contributed by atoms with Gasteiger partial charge in [0.25, 0.3) is 0 Å². The van der Waals surface area contributed by atoms with E-state index in [-0.39, 0.29) is 10.7 Å². The molecule has 2 aromatic carbocycles. The summed E-state index contributed by atoms with van der Waals surface area (Å²) in [6.45, 7) is 5.57. The second-order valence-electron chi connectivity index (χ2n) is 8.30. The van der Waals surface area contributed by atoms with Crippen LogP contribution in [0, 0.1) is 13.8 Å². The molecule has 2 N–H and O–H groups in total. The molecular formula is C27H23ClF3N5O2. The number of ether oxygens (including phenoxy) is 1. The SMILES string of the molecule is CCc1nccc(-c2cccnc2Oc2ccc(NC(=O)Nc3cc(C(F)(F)F)ccc3Cl)c(C)c2C)n1. The Morgan fingerprint density at radius 3 is 2.47 bits per heavy atom. The number of benzene rings is 2. The quantitative estimate of drug-likeness (QED) is 0.260. The number of aryl methyl sites for hydroxylation is 1. The van der Waals surface area contributed by atoms with Crippen LogP contribution in [0.5, 0.6) is 11.6 Å². The van der Waals surface area contributed by atoms with E-state index in [4.69, 9.17) is 16.3 Å². The number of amides is 2. The molecule has 0 bridgehead atoms. The Bertz CT molecular complexity index is 1490. The van der Waals surface area contributed by atoms with E-state index in [9.17, 15) is 18.0 Å². The number of pyridine rings is 1. The first-order chi connectivity index (χ1) is 18.1. The molecule has 2 heterocycles. The van der Waals surface area contributed by atoms with Gasteiger partial charge in [-0.2, -0.15) is 13.2 Å². The maximum Gasteiger partial charge on any atom is 0.416 e. The van der Waals surface area contributed by atoms with Crippen LogP contribution in [0.3, 0.4) is 0 Å². The number of hydrogen-bond acceptors (Lipinski definition) is 5. The molecule has 0 aliphatic rings. The molecule has 38 heavy (non-hydrogen) atoms. The molecule has 0 spiro atoms. The van der Waals surface area contributed by atoms with Crippen LogP contribution >= 0.6 is 11.6 Å². The van der Waals surface area contributed by atoms with Gasteiger partial charge < -0.3 is 15.4 Å². The zero-order chi connectivity index (χ0) is 27.4. The average Bonchev–Trinajstić information content (AvgIpc) is 2.89. The number of carbonyl (C=O) groups excluding carboxylic acids is 1. The smallest absolute Gasteiger partial charge is 0.416 e. The Labute approximate surface area is 222 Å². The lowest BCUT2D eigenvalue weighted by atomic mass is 10.1. The van der Waals surface area contributed by atoms with Crippen LogP contribution in [0.2, 0.25) is 5.02 Å². The number of urea groups is 1. The van der Waals surface area contributed by atoms with Gasteiger partial charge in [-0.25, -0.2) is 19.7 Å². The van der Waals surface area contributed by atoms with Crippen LogP contribution < -0.4 is 15.4 Å². The van der Waals surface area contributed by atoms with Gasteiger partial charge in [-0.1, -0.05) is 18.5 Å². The molecule has 0 fully saturated rings. The normalized spacial score (nSPS) is 11.2. The third-order valence-electron chi connectivity index (χ3n) is 5.80. The molecular weight excluding hydrogens is 519 g/mol. The van der Waals surface area contributed by atoms with Crippen molar-refractivity contribution >= 4 is 29.0 Å². The van der Waals surface area contributed by atoms with Crippen molar-refractivity contribution in [3.63, 3.8) is 0 Å². The molecule has 0 saturated carbocycles. The molecule has 0 aliphatic heterocycles. The molecule has 7 nitrogen and oxygen atoms in total. The molecule has 11 heteroatoms. The van der Waals surface area contributed by atoms with Gasteiger partial charge in [0.2, 0.25) is 5.88 Å².